The number of nitrogens with one attached hydrogen (secondary N) is 3. The Balaban J connectivity index is 1.78. The molecular weight excluding hydrogens is 356 g/mol. The SMILES string of the molecule is CCNC(=NCC1(Sc2ccccc2)CC1)NCCCNS(C)(=O)=O. The topological polar surface area (TPSA) is 82.6 Å². The standard InChI is InChI=1S/C17H28N4O2S2/c1-3-18-16(19-12-7-13-21-25(2,22)23)20-14-17(10-11-17)24-15-8-5-4-6-9-15/h4-6,8-9,21H,3,7,10-14H2,1-2H3,(H2,18,19,20). The van der Waals surface area contributed by atoms with Gasteiger partial charge in [0.25, 0.3) is 0 Å². The molecule has 0 spiro atoms. The van der Waals surface area contributed by atoms with E-state index in [0.29, 0.717) is 19.5 Å². The molecule has 140 valence electrons. The molecule has 0 radical (unpaired) electrons. The summed E-state index contributed by atoms with van der Waals surface area (Å²) in [4.78, 5) is 6.02. The van der Waals surface area contributed by atoms with Crippen LogP contribution in [0.3, 0.4) is 0 Å². The van der Waals surface area contributed by atoms with E-state index in [2.05, 4.69) is 39.6 Å². The van der Waals surface area contributed by atoms with E-state index >= 15 is 0 Å². The number of hydrogen-bond donors (Lipinski definition) is 3. The molecule has 1 aromatic carbocycles. The normalized spacial score (nSPS) is 16.5. The molecule has 1 saturated carbocycles. The average Bonchev–Trinajstić information content (AvgIpc) is 3.32. The number of rotatable bonds is 10. The van der Waals surface area contributed by atoms with Crippen LogP contribution in [0.4, 0.5) is 0 Å². The van der Waals surface area contributed by atoms with E-state index in [1.165, 1.54) is 24.0 Å². The molecular formula is C17H28N4O2S2. The molecule has 0 bridgehead atoms. The molecule has 0 heterocycles. The lowest BCUT2D eigenvalue weighted by molar-refractivity contribution is 0.584. The maximum atomic E-state index is 11.0. The molecule has 25 heavy (non-hydrogen) atoms. The van der Waals surface area contributed by atoms with Gasteiger partial charge < -0.3 is 10.6 Å². The van der Waals surface area contributed by atoms with Crippen molar-refractivity contribution in [2.45, 2.75) is 35.8 Å². The van der Waals surface area contributed by atoms with Crippen molar-refractivity contribution >= 4 is 27.7 Å². The second kappa shape index (κ2) is 9.45. The summed E-state index contributed by atoms with van der Waals surface area (Å²) in [6, 6.07) is 10.5. The summed E-state index contributed by atoms with van der Waals surface area (Å²) in [6.45, 7) is 4.72. The number of guanidine groups is 1. The number of benzene rings is 1. The second-order valence-corrected chi connectivity index (χ2v) is 9.61. The van der Waals surface area contributed by atoms with Crippen LogP contribution < -0.4 is 15.4 Å². The van der Waals surface area contributed by atoms with Crippen LogP contribution in [0.25, 0.3) is 0 Å². The second-order valence-electron chi connectivity index (χ2n) is 6.24. The van der Waals surface area contributed by atoms with E-state index in [-0.39, 0.29) is 4.75 Å². The van der Waals surface area contributed by atoms with Crippen LogP contribution >= 0.6 is 11.8 Å². The van der Waals surface area contributed by atoms with Gasteiger partial charge in [0.2, 0.25) is 10.0 Å². The highest BCUT2D eigenvalue weighted by atomic mass is 32.2. The van der Waals surface area contributed by atoms with Gasteiger partial charge >= 0.3 is 0 Å². The van der Waals surface area contributed by atoms with Gasteiger partial charge in [-0.15, -0.1) is 11.8 Å². The van der Waals surface area contributed by atoms with E-state index in [9.17, 15) is 8.42 Å². The Kier molecular flexibility index (Phi) is 7.58. The minimum Gasteiger partial charge on any atom is -0.357 e. The molecule has 0 amide bonds. The van der Waals surface area contributed by atoms with Gasteiger partial charge in [-0.2, -0.15) is 0 Å². The maximum Gasteiger partial charge on any atom is 0.208 e. The van der Waals surface area contributed by atoms with E-state index in [1.54, 1.807) is 0 Å². The third-order valence-corrected chi connectivity index (χ3v) is 5.97. The molecule has 0 saturated heterocycles. The van der Waals surface area contributed by atoms with Crippen molar-refractivity contribution in [3.63, 3.8) is 0 Å². The third kappa shape index (κ3) is 8.11. The molecule has 2 rings (SSSR count). The van der Waals surface area contributed by atoms with Gasteiger partial charge in [0.15, 0.2) is 5.96 Å². The van der Waals surface area contributed by atoms with Gasteiger partial charge in [0, 0.05) is 29.3 Å². The maximum absolute atomic E-state index is 11.0. The molecule has 1 aromatic rings. The first-order chi connectivity index (χ1) is 11.9. The first-order valence-electron chi connectivity index (χ1n) is 8.63. The molecule has 6 nitrogen and oxygen atoms in total. The number of aliphatic imine (C=N–C) groups is 1. The van der Waals surface area contributed by atoms with Crippen LogP contribution in [0.1, 0.15) is 26.2 Å². The summed E-state index contributed by atoms with van der Waals surface area (Å²) in [5, 5.41) is 6.51. The van der Waals surface area contributed by atoms with Crippen LogP contribution in [-0.2, 0) is 10.0 Å². The highest BCUT2D eigenvalue weighted by Crippen LogP contribution is 2.51. The van der Waals surface area contributed by atoms with Gasteiger partial charge in [0.05, 0.1) is 12.8 Å². The zero-order chi connectivity index (χ0) is 18.2. The predicted molar refractivity (Wildman–Crippen MR) is 106 cm³/mol. The first-order valence-corrected chi connectivity index (χ1v) is 11.3. The fourth-order valence-corrected chi connectivity index (χ4v) is 4.03. The van der Waals surface area contributed by atoms with Gasteiger partial charge in [0.1, 0.15) is 0 Å². The Morgan fingerprint density at radius 2 is 1.92 bits per heavy atom. The zero-order valence-electron chi connectivity index (χ0n) is 14.9. The average molecular weight is 385 g/mol. The van der Waals surface area contributed by atoms with E-state index < -0.39 is 10.0 Å². The smallest absolute Gasteiger partial charge is 0.208 e. The van der Waals surface area contributed by atoms with Gasteiger partial charge in [-0.3, -0.25) is 4.99 Å². The zero-order valence-corrected chi connectivity index (χ0v) is 16.5. The largest absolute Gasteiger partial charge is 0.357 e. The lowest BCUT2D eigenvalue weighted by Crippen LogP contribution is -2.39. The van der Waals surface area contributed by atoms with E-state index in [0.717, 1.165) is 19.0 Å². The molecule has 0 aliphatic heterocycles. The Bertz CT molecular complexity index is 658. The summed E-state index contributed by atoms with van der Waals surface area (Å²) in [5.74, 6) is 0.793. The van der Waals surface area contributed by atoms with Crippen LogP contribution in [0, 0.1) is 0 Å². The number of nitrogens with zero attached hydrogens (tertiary/aromatic N) is 1. The molecule has 1 fully saturated rings. The van der Waals surface area contributed by atoms with Crippen LogP contribution in [0.2, 0.25) is 0 Å². The Morgan fingerprint density at radius 1 is 1.20 bits per heavy atom. The first kappa shape index (κ1) is 20.1. The minimum atomic E-state index is -3.11. The lowest BCUT2D eigenvalue weighted by Gasteiger charge is -2.15. The minimum absolute atomic E-state index is 0.224. The van der Waals surface area contributed by atoms with Crippen LogP contribution in [0.5, 0.6) is 0 Å². The Hall–Kier alpha value is -1.25. The van der Waals surface area contributed by atoms with Crippen molar-refractivity contribution in [3.05, 3.63) is 30.3 Å². The summed E-state index contributed by atoms with van der Waals surface area (Å²) in [5.41, 5.74) is 0. The number of hydrogen-bond acceptors (Lipinski definition) is 4. The Morgan fingerprint density at radius 3 is 2.52 bits per heavy atom. The van der Waals surface area contributed by atoms with Crippen LogP contribution in [-0.4, -0.2) is 51.6 Å². The van der Waals surface area contributed by atoms with Crippen molar-refractivity contribution in [2.24, 2.45) is 4.99 Å². The van der Waals surface area contributed by atoms with Crippen molar-refractivity contribution < 1.29 is 8.42 Å². The van der Waals surface area contributed by atoms with Crippen molar-refractivity contribution in [2.75, 3.05) is 32.4 Å². The fourth-order valence-electron chi connectivity index (χ4n) is 2.29. The summed E-state index contributed by atoms with van der Waals surface area (Å²) >= 11 is 1.91. The van der Waals surface area contributed by atoms with Gasteiger partial charge in [-0.05, 0) is 38.3 Å². The predicted octanol–water partition coefficient (Wildman–Crippen LogP) is 1.81. The quantitative estimate of drug-likeness (QED) is 0.326. The lowest BCUT2D eigenvalue weighted by atomic mass is 10.4. The molecule has 1 aliphatic carbocycles. The number of thioether (sulfide) groups is 1. The van der Waals surface area contributed by atoms with Crippen LogP contribution in [0.15, 0.2) is 40.2 Å². The summed E-state index contributed by atoms with van der Waals surface area (Å²) < 4.78 is 24.8. The van der Waals surface area contributed by atoms with Gasteiger partial charge in [-0.1, -0.05) is 18.2 Å². The molecule has 3 N–H and O–H groups in total. The monoisotopic (exact) mass is 384 g/mol. The molecule has 0 aromatic heterocycles. The summed E-state index contributed by atoms with van der Waals surface area (Å²) in [7, 11) is -3.11. The molecule has 0 unspecified atom stereocenters. The summed E-state index contributed by atoms with van der Waals surface area (Å²) in [6.07, 6.45) is 4.26. The molecule has 1 aliphatic rings. The van der Waals surface area contributed by atoms with Crippen molar-refractivity contribution in [1.82, 2.24) is 15.4 Å². The highest BCUT2D eigenvalue weighted by molar-refractivity contribution is 8.01. The third-order valence-electron chi connectivity index (χ3n) is 3.77. The van der Waals surface area contributed by atoms with E-state index in [4.69, 9.17) is 4.99 Å². The number of sulfonamides is 1. The molecule has 8 heteroatoms. The highest BCUT2D eigenvalue weighted by Gasteiger charge is 2.43. The van der Waals surface area contributed by atoms with Crippen molar-refractivity contribution in [1.29, 1.82) is 0 Å². The molecule has 0 atom stereocenters. The van der Waals surface area contributed by atoms with Gasteiger partial charge in [-0.25, -0.2) is 13.1 Å². The fraction of sp³-hybridized carbons (Fsp3) is 0.588. The van der Waals surface area contributed by atoms with Crippen molar-refractivity contribution in [3.8, 4) is 0 Å². The Labute approximate surface area is 155 Å². The van der Waals surface area contributed by atoms with E-state index in [1.807, 2.05) is 24.8 Å².